The maximum Gasteiger partial charge on any atom is 0.317 e. The molecule has 0 heterocycles. The fraction of sp³-hybridized carbons (Fsp3) is 0.727. The van der Waals surface area contributed by atoms with Crippen molar-refractivity contribution in [3.05, 3.63) is 0 Å². The quantitative estimate of drug-likeness (QED) is 0.317. The van der Waals surface area contributed by atoms with Crippen LogP contribution in [0, 0.1) is 0 Å². The van der Waals surface area contributed by atoms with E-state index in [1.807, 2.05) is 0 Å². The lowest BCUT2D eigenvalue weighted by atomic mass is 10.2. The van der Waals surface area contributed by atoms with E-state index in [2.05, 4.69) is 0 Å². The normalized spacial score (nSPS) is 12.6. The number of carbonyl (C=O) groups excluding carboxylic acids is 2. The number of amides is 2. The number of hydrogen-bond donors (Lipinski definition) is 4. The summed E-state index contributed by atoms with van der Waals surface area (Å²) < 4.78 is 0. The standard InChI is InChI=1S/C11H22N4O5/c1-8(15(2-3-16)6-10(13)18)4-14(5-9(12)17)7-11(19)20/h8,16H,2-7H2,1H3,(H2,12,17)(H2,13,18)(H,19,20)/t8-/m1/s1. The van der Waals surface area contributed by atoms with Crippen LogP contribution < -0.4 is 11.5 Å². The van der Waals surface area contributed by atoms with Crippen molar-refractivity contribution >= 4 is 17.8 Å². The van der Waals surface area contributed by atoms with E-state index in [9.17, 15) is 14.4 Å². The Balaban J connectivity index is 4.65. The summed E-state index contributed by atoms with van der Waals surface area (Å²) in [7, 11) is 0. The van der Waals surface area contributed by atoms with Gasteiger partial charge in [-0.15, -0.1) is 0 Å². The van der Waals surface area contributed by atoms with Crippen molar-refractivity contribution in [1.82, 2.24) is 9.80 Å². The molecule has 0 spiro atoms. The molecule has 2 amide bonds. The van der Waals surface area contributed by atoms with Crippen molar-refractivity contribution in [3.63, 3.8) is 0 Å². The summed E-state index contributed by atoms with van der Waals surface area (Å²) >= 11 is 0. The van der Waals surface area contributed by atoms with Gasteiger partial charge >= 0.3 is 5.97 Å². The first-order valence-electron chi connectivity index (χ1n) is 6.12. The molecule has 0 aromatic heterocycles. The van der Waals surface area contributed by atoms with Crippen LogP contribution in [0.5, 0.6) is 0 Å². The van der Waals surface area contributed by atoms with Crippen molar-refractivity contribution in [2.24, 2.45) is 11.5 Å². The van der Waals surface area contributed by atoms with Crippen molar-refractivity contribution in [2.45, 2.75) is 13.0 Å². The first-order chi connectivity index (χ1) is 9.26. The number of carboxylic acids is 1. The van der Waals surface area contributed by atoms with E-state index in [-0.39, 0.29) is 45.4 Å². The lowest BCUT2D eigenvalue weighted by Crippen LogP contribution is -2.49. The molecule has 0 aliphatic heterocycles. The van der Waals surface area contributed by atoms with Crippen LogP contribution in [0.1, 0.15) is 6.92 Å². The summed E-state index contributed by atoms with van der Waals surface area (Å²) in [5.41, 5.74) is 10.2. The fourth-order valence-corrected chi connectivity index (χ4v) is 1.87. The minimum atomic E-state index is -1.08. The van der Waals surface area contributed by atoms with Crippen molar-refractivity contribution in [3.8, 4) is 0 Å². The number of carbonyl (C=O) groups is 3. The second kappa shape index (κ2) is 9.23. The van der Waals surface area contributed by atoms with Gasteiger partial charge in [-0.05, 0) is 6.92 Å². The minimum Gasteiger partial charge on any atom is -0.480 e. The SMILES string of the molecule is C[C@H](CN(CC(N)=O)CC(=O)O)N(CCO)CC(N)=O. The summed E-state index contributed by atoms with van der Waals surface area (Å²) in [6.07, 6.45) is 0. The predicted molar refractivity (Wildman–Crippen MR) is 70.6 cm³/mol. The number of aliphatic hydroxyl groups excluding tert-OH is 1. The molecule has 0 fully saturated rings. The van der Waals surface area contributed by atoms with Gasteiger partial charge in [0.25, 0.3) is 0 Å². The number of nitrogens with two attached hydrogens (primary N) is 2. The Labute approximate surface area is 117 Å². The Hall–Kier alpha value is -1.71. The van der Waals surface area contributed by atoms with Gasteiger partial charge in [-0.1, -0.05) is 0 Å². The van der Waals surface area contributed by atoms with Crippen LogP contribution in [0.15, 0.2) is 0 Å². The molecule has 1 atom stereocenters. The van der Waals surface area contributed by atoms with E-state index in [0.717, 1.165) is 0 Å². The van der Waals surface area contributed by atoms with Gasteiger partial charge in [0.15, 0.2) is 0 Å². The summed E-state index contributed by atoms with van der Waals surface area (Å²) in [5.74, 6) is -2.27. The van der Waals surface area contributed by atoms with Crippen LogP contribution in [0.3, 0.4) is 0 Å². The highest BCUT2D eigenvalue weighted by Crippen LogP contribution is 2.02. The maximum absolute atomic E-state index is 10.9. The van der Waals surface area contributed by atoms with E-state index < -0.39 is 17.8 Å². The van der Waals surface area contributed by atoms with Gasteiger partial charge in [-0.3, -0.25) is 24.2 Å². The molecule has 0 aromatic rings. The van der Waals surface area contributed by atoms with E-state index in [4.69, 9.17) is 21.7 Å². The molecule has 0 aromatic carbocycles. The number of hydrogen-bond acceptors (Lipinski definition) is 6. The number of nitrogens with zero attached hydrogens (tertiary/aromatic N) is 2. The van der Waals surface area contributed by atoms with E-state index in [1.54, 1.807) is 11.8 Å². The number of rotatable bonds is 11. The highest BCUT2D eigenvalue weighted by molar-refractivity contribution is 5.77. The Morgan fingerprint density at radius 2 is 1.65 bits per heavy atom. The smallest absolute Gasteiger partial charge is 0.317 e. The van der Waals surface area contributed by atoms with Gasteiger partial charge in [0.05, 0.1) is 26.2 Å². The summed E-state index contributed by atoms with van der Waals surface area (Å²) in [4.78, 5) is 35.5. The van der Waals surface area contributed by atoms with Gasteiger partial charge in [0.2, 0.25) is 11.8 Å². The fourth-order valence-electron chi connectivity index (χ4n) is 1.87. The largest absolute Gasteiger partial charge is 0.480 e. The molecule has 116 valence electrons. The Morgan fingerprint density at radius 1 is 1.10 bits per heavy atom. The second-order valence-electron chi connectivity index (χ2n) is 4.54. The molecular formula is C11H22N4O5. The third kappa shape index (κ3) is 8.40. The number of carboxylic acid groups (broad SMARTS) is 1. The van der Waals surface area contributed by atoms with Gasteiger partial charge in [-0.2, -0.15) is 0 Å². The zero-order chi connectivity index (χ0) is 15.7. The number of primary amides is 2. The van der Waals surface area contributed by atoms with Gasteiger partial charge in [-0.25, -0.2) is 0 Å². The Bertz CT molecular complexity index is 334. The van der Waals surface area contributed by atoms with Crippen LogP contribution in [-0.4, -0.2) is 83.2 Å². The van der Waals surface area contributed by atoms with Gasteiger partial charge in [0, 0.05) is 19.1 Å². The summed E-state index contributed by atoms with van der Waals surface area (Å²) in [6, 6.07) is -0.270. The molecule has 0 aliphatic carbocycles. The third-order valence-electron chi connectivity index (χ3n) is 2.63. The lowest BCUT2D eigenvalue weighted by Gasteiger charge is -2.31. The van der Waals surface area contributed by atoms with E-state index in [0.29, 0.717) is 0 Å². The molecule has 0 saturated carbocycles. The lowest BCUT2D eigenvalue weighted by molar-refractivity contribution is -0.139. The average Bonchev–Trinajstić information content (AvgIpc) is 2.25. The molecule has 0 bridgehead atoms. The van der Waals surface area contributed by atoms with Crippen LogP contribution in [0.4, 0.5) is 0 Å². The van der Waals surface area contributed by atoms with Crippen LogP contribution in [0.25, 0.3) is 0 Å². The van der Waals surface area contributed by atoms with Crippen molar-refractivity contribution in [1.29, 1.82) is 0 Å². The first kappa shape index (κ1) is 18.3. The van der Waals surface area contributed by atoms with E-state index in [1.165, 1.54) is 4.90 Å². The van der Waals surface area contributed by atoms with Crippen LogP contribution in [0.2, 0.25) is 0 Å². The molecule has 6 N–H and O–H groups in total. The van der Waals surface area contributed by atoms with Gasteiger partial charge in [0.1, 0.15) is 0 Å². The van der Waals surface area contributed by atoms with E-state index >= 15 is 0 Å². The summed E-state index contributed by atoms with van der Waals surface area (Å²) in [5, 5.41) is 17.7. The molecule has 0 radical (unpaired) electrons. The Kier molecular flexibility index (Phi) is 8.45. The Morgan fingerprint density at radius 3 is 2.05 bits per heavy atom. The van der Waals surface area contributed by atoms with Crippen LogP contribution >= 0.6 is 0 Å². The second-order valence-corrected chi connectivity index (χ2v) is 4.54. The molecule has 9 nitrogen and oxygen atoms in total. The average molecular weight is 290 g/mol. The monoisotopic (exact) mass is 290 g/mol. The first-order valence-corrected chi connectivity index (χ1v) is 6.12. The molecule has 20 heavy (non-hydrogen) atoms. The van der Waals surface area contributed by atoms with Crippen molar-refractivity contribution < 1.29 is 24.6 Å². The zero-order valence-corrected chi connectivity index (χ0v) is 11.5. The summed E-state index contributed by atoms with van der Waals surface area (Å²) in [6.45, 7) is 1.43. The number of aliphatic carboxylic acids is 1. The highest BCUT2D eigenvalue weighted by Gasteiger charge is 2.21. The maximum atomic E-state index is 10.9. The number of aliphatic hydroxyl groups is 1. The molecule has 0 saturated heterocycles. The van der Waals surface area contributed by atoms with Crippen LogP contribution in [-0.2, 0) is 14.4 Å². The molecule has 0 unspecified atom stereocenters. The molecular weight excluding hydrogens is 268 g/mol. The van der Waals surface area contributed by atoms with Crippen molar-refractivity contribution in [2.75, 3.05) is 39.3 Å². The third-order valence-corrected chi connectivity index (χ3v) is 2.63. The molecule has 9 heteroatoms. The highest BCUT2D eigenvalue weighted by atomic mass is 16.4. The zero-order valence-electron chi connectivity index (χ0n) is 11.5. The molecule has 0 aliphatic rings. The van der Waals surface area contributed by atoms with Gasteiger partial charge < -0.3 is 21.7 Å². The predicted octanol–water partition coefficient (Wildman–Crippen LogP) is -2.97. The molecule has 0 rings (SSSR count). The minimum absolute atomic E-state index is 0.0563. The topological polar surface area (TPSA) is 150 Å².